The van der Waals surface area contributed by atoms with Crippen molar-refractivity contribution in [3.63, 3.8) is 0 Å². The van der Waals surface area contributed by atoms with Crippen LogP contribution >= 0.6 is 11.6 Å². The number of anilines is 1. The van der Waals surface area contributed by atoms with Crippen LogP contribution in [0.15, 0.2) is 24.3 Å². The van der Waals surface area contributed by atoms with Crippen LogP contribution in [0.3, 0.4) is 0 Å². The van der Waals surface area contributed by atoms with Gasteiger partial charge in [0.05, 0.1) is 6.54 Å². The highest BCUT2D eigenvalue weighted by molar-refractivity contribution is 6.30. The van der Waals surface area contributed by atoms with Crippen LogP contribution in [0.1, 0.15) is 20.3 Å². The summed E-state index contributed by atoms with van der Waals surface area (Å²) in [4.78, 5) is 27.5. The van der Waals surface area contributed by atoms with E-state index in [1.54, 1.807) is 29.2 Å². The Bertz CT molecular complexity index is 504. The summed E-state index contributed by atoms with van der Waals surface area (Å²) >= 11 is 5.87. The topological polar surface area (TPSA) is 52.7 Å². The second-order valence-electron chi connectivity index (χ2n) is 5.11. The van der Waals surface area contributed by atoms with Crippen molar-refractivity contribution in [2.75, 3.05) is 38.5 Å². The highest BCUT2D eigenvalue weighted by Gasteiger charge is 2.13. The van der Waals surface area contributed by atoms with E-state index in [1.807, 2.05) is 25.8 Å². The number of likely N-dealkylation sites (N-methyl/N-ethyl adjacent to an activating group) is 2. The minimum absolute atomic E-state index is 0.0859. The molecule has 0 atom stereocenters. The van der Waals surface area contributed by atoms with Gasteiger partial charge in [-0.05, 0) is 39.1 Å². The number of hydrogen-bond donors (Lipinski definition) is 1. The Kier molecular flexibility index (Phi) is 7.91. The Labute approximate surface area is 137 Å². The molecule has 1 aromatic carbocycles. The number of nitrogens with zero attached hydrogens (tertiary/aromatic N) is 2. The van der Waals surface area contributed by atoms with Gasteiger partial charge in [0.25, 0.3) is 0 Å². The van der Waals surface area contributed by atoms with Crippen LogP contribution in [0.5, 0.6) is 0 Å². The number of rotatable bonds is 8. The van der Waals surface area contributed by atoms with E-state index in [-0.39, 0.29) is 11.8 Å². The highest BCUT2D eigenvalue weighted by Crippen LogP contribution is 2.14. The fraction of sp³-hybridized carbons (Fsp3) is 0.500. The van der Waals surface area contributed by atoms with Crippen LogP contribution in [0.4, 0.5) is 5.69 Å². The molecule has 1 rings (SSSR count). The molecule has 5 nitrogen and oxygen atoms in total. The summed E-state index contributed by atoms with van der Waals surface area (Å²) in [6, 6.07) is 7.03. The van der Waals surface area contributed by atoms with Crippen molar-refractivity contribution in [3.8, 4) is 0 Å². The molecule has 0 saturated carbocycles. The quantitative estimate of drug-likeness (QED) is 0.799. The number of nitrogens with one attached hydrogen (secondary N) is 1. The van der Waals surface area contributed by atoms with E-state index < -0.39 is 0 Å². The number of benzene rings is 1. The number of carbonyl (C=O) groups excluding carboxylic acids is 2. The Morgan fingerprint density at radius 3 is 2.50 bits per heavy atom. The van der Waals surface area contributed by atoms with Crippen LogP contribution in [0.2, 0.25) is 5.02 Å². The minimum Gasteiger partial charge on any atom is -0.342 e. The summed E-state index contributed by atoms with van der Waals surface area (Å²) in [6.45, 7) is 6.18. The Balaban J connectivity index is 2.35. The fourth-order valence-electron chi connectivity index (χ4n) is 2.07. The lowest BCUT2D eigenvalue weighted by Gasteiger charge is -2.22. The summed E-state index contributed by atoms with van der Waals surface area (Å²) in [5.41, 5.74) is 0.680. The first-order valence-corrected chi connectivity index (χ1v) is 7.85. The molecule has 0 aliphatic carbocycles. The highest BCUT2D eigenvalue weighted by atomic mass is 35.5. The predicted molar refractivity (Wildman–Crippen MR) is 90.1 cm³/mol. The number of amides is 2. The van der Waals surface area contributed by atoms with Gasteiger partial charge in [0, 0.05) is 36.8 Å². The van der Waals surface area contributed by atoms with Gasteiger partial charge >= 0.3 is 0 Å². The largest absolute Gasteiger partial charge is 0.342 e. The predicted octanol–water partition coefficient (Wildman–Crippen LogP) is 2.47. The third-order valence-corrected chi connectivity index (χ3v) is 3.59. The molecular formula is C16H24ClN3O2. The van der Waals surface area contributed by atoms with Crippen molar-refractivity contribution in [3.05, 3.63) is 29.3 Å². The van der Waals surface area contributed by atoms with Gasteiger partial charge in [-0.1, -0.05) is 17.7 Å². The molecule has 22 heavy (non-hydrogen) atoms. The average molecular weight is 326 g/mol. The van der Waals surface area contributed by atoms with Crippen molar-refractivity contribution in [1.29, 1.82) is 0 Å². The zero-order valence-corrected chi connectivity index (χ0v) is 14.2. The smallest absolute Gasteiger partial charge is 0.236 e. The van der Waals surface area contributed by atoms with E-state index in [0.29, 0.717) is 43.3 Å². The molecule has 0 bridgehead atoms. The lowest BCUT2D eigenvalue weighted by molar-refractivity contribution is -0.132. The third-order valence-electron chi connectivity index (χ3n) is 3.35. The van der Waals surface area contributed by atoms with Crippen LogP contribution in [0, 0.1) is 0 Å². The van der Waals surface area contributed by atoms with E-state index in [4.69, 9.17) is 11.6 Å². The normalized spacial score (nSPS) is 10.6. The molecular weight excluding hydrogens is 302 g/mol. The van der Waals surface area contributed by atoms with Gasteiger partial charge in [0.2, 0.25) is 11.8 Å². The van der Waals surface area contributed by atoms with Crippen molar-refractivity contribution in [1.82, 2.24) is 9.80 Å². The Hall–Kier alpha value is -1.59. The summed E-state index contributed by atoms with van der Waals surface area (Å²) in [5.74, 6) is -0.00726. The maximum absolute atomic E-state index is 12.0. The van der Waals surface area contributed by atoms with E-state index in [2.05, 4.69) is 5.32 Å². The molecule has 0 fully saturated rings. The summed E-state index contributed by atoms with van der Waals surface area (Å²) in [5, 5.41) is 3.37. The molecule has 0 aliphatic heterocycles. The monoisotopic (exact) mass is 325 g/mol. The first-order valence-electron chi connectivity index (χ1n) is 7.48. The van der Waals surface area contributed by atoms with Gasteiger partial charge in [-0.3, -0.25) is 14.5 Å². The maximum atomic E-state index is 12.0. The van der Waals surface area contributed by atoms with Crippen molar-refractivity contribution in [2.45, 2.75) is 20.3 Å². The van der Waals surface area contributed by atoms with Crippen LogP contribution < -0.4 is 5.32 Å². The zero-order valence-electron chi connectivity index (χ0n) is 13.4. The summed E-state index contributed by atoms with van der Waals surface area (Å²) < 4.78 is 0. The molecule has 0 spiro atoms. The Morgan fingerprint density at radius 1 is 1.23 bits per heavy atom. The minimum atomic E-state index is -0.0931. The fourth-order valence-corrected chi connectivity index (χ4v) is 2.26. The third kappa shape index (κ3) is 6.45. The Morgan fingerprint density at radius 2 is 1.91 bits per heavy atom. The molecule has 0 aromatic heterocycles. The van der Waals surface area contributed by atoms with Gasteiger partial charge in [0.15, 0.2) is 0 Å². The molecule has 0 saturated heterocycles. The van der Waals surface area contributed by atoms with Crippen LogP contribution in [-0.2, 0) is 9.59 Å². The standard InChI is InChI=1S/C16H24ClN3O2/c1-4-20(5-2)16(22)12-19(3)10-9-15(21)18-14-8-6-7-13(17)11-14/h6-8,11H,4-5,9-10,12H2,1-3H3,(H,18,21). The number of hydrogen-bond acceptors (Lipinski definition) is 3. The van der Waals surface area contributed by atoms with Crippen molar-refractivity contribution >= 4 is 29.1 Å². The first-order chi connectivity index (χ1) is 10.5. The van der Waals surface area contributed by atoms with Gasteiger partial charge in [-0.15, -0.1) is 0 Å². The van der Waals surface area contributed by atoms with Crippen molar-refractivity contribution in [2.24, 2.45) is 0 Å². The second kappa shape index (κ2) is 9.43. The zero-order chi connectivity index (χ0) is 16.5. The van der Waals surface area contributed by atoms with E-state index in [9.17, 15) is 9.59 Å². The number of halogens is 1. The molecule has 0 radical (unpaired) electrons. The SMILES string of the molecule is CCN(CC)C(=O)CN(C)CCC(=O)Nc1cccc(Cl)c1. The van der Waals surface area contributed by atoms with Crippen LogP contribution in [0.25, 0.3) is 0 Å². The molecule has 1 aromatic rings. The summed E-state index contributed by atoms with van der Waals surface area (Å²) in [6.07, 6.45) is 0.328. The molecule has 0 heterocycles. The molecule has 0 unspecified atom stereocenters. The molecule has 2 amide bonds. The van der Waals surface area contributed by atoms with Gasteiger partial charge in [0.1, 0.15) is 0 Å². The first kappa shape index (κ1) is 18.5. The lowest BCUT2D eigenvalue weighted by Crippen LogP contribution is -2.39. The molecule has 6 heteroatoms. The number of carbonyl (C=O) groups is 2. The van der Waals surface area contributed by atoms with Gasteiger partial charge in [-0.2, -0.15) is 0 Å². The van der Waals surface area contributed by atoms with E-state index in [1.165, 1.54) is 0 Å². The lowest BCUT2D eigenvalue weighted by atomic mass is 10.3. The molecule has 122 valence electrons. The summed E-state index contributed by atoms with van der Waals surface area (Å²) in [7, 11) is 1.84. The maximum Gasteiger partial charge on any atom is 0.236 e. The van der Waals surface area contributed by atoms with Crippen LogP contribution in [-0.4, -0.2) is 54.8 Å². The van der Waals surface area contributed by atoms with E-state index >= 15 is 0 Å². The van der Waals surface area contributed by atoms with E-state index in [0.717, 1.165) is 0 Å². The molecule has 1 N–H and O–H groups in total. The van der Waals surface area contributed by atoms with Gasteiger partial charge < -0.3 is 10.2 Å². The molecule has 0 aliphatic rings. The second-order valence-corrected chi connectivity index (χ2v) is 5.55. The van der Waals surface area contributed by atoms with Crippen molar-refractivity contribution < 1.29 is 9.59 Å². The average Bonchev–Trinajstić information content (AvgIpc) is 2.46. The van der Waals surface area contributed by atoms with Gasteiger partial charge in [-0.25, -0.2) is 0 Å².